The molecule has 0 spiro atoms. The number of hydrogen-bond donors (Lipinski definition) is 0. The Morgan fingerprint density at radius 3 is 2.83 bits per heavy atom. The molecular formula is C18H25N5O. The number of para-hydroxylation sites is 1. The summed E-state index contributed by atoms with van der Waals surface area (Å²) < 4.78 is 7.45. The summed E-state index contributed by atoms with van der Waals surface area (Å²) in [4.78, 5) is 2.44. The maximum absolute atomic E-state index is 5.45. The highest BCUT2D eigenvalue weighted by atomic mass is 16.5. The molecular weight excluding hydrogens is 302 g/mol. The highest BCUT2D eigenvalue weighted by molar-refractivity contribution is 5.61. The highest BCUT2D eigenvalue weighted by Gasteiger charge is 2.36. The average molecular weight is 327 g/mol. The normalized spacial score (nSPS) is 20.3. The van der Waals surface area contributed by atoms with Crippen LogP contribution in [0.25, 0.3) is 0 Å². The molecule has 3 heterocycles. The van der Waals surface area contributed by atoms with Gasteiger partial charge < -0.3 is 9.64 Å². The van der Waals surface area contributed by atoms with Gasteiger partial charge in [-0.15, -0.1) is 5.10 Å². The second-order valence-corrected chi connectivity index (χ2v) is 7.54. The van der Waals surface area contributed by atoms with E-state index in [2.05, 4.69) is 58.5 Å². The molecule has 6 nitrogen and oxygen atoms in total. The first kappa shape index (κ1) is 15.6. The lowest BCUT2D eigenvalue weighted by Gasteiger charge is -2.34. The summed E-state index contributed by atoms with van der Waals surface area (Å²) in [6.45, 7) is 7.93. The number of ether oxygens (including phenoxy) is 1. The summed E-state index contributed by atoms with van der Waals surface area (Å²) in [6, 6.07) is 8.66. The van der Waals surface area contributed by atoms with E-state index in [9.17, 15) is 0 Å². The number of hydrogen-bond acceptors (Lipinski definition) is 5. The number of nitrogens with zero attached hydrogens (tertiary/aromatic N) is 5. The van der Waals surface area contributed by atoms with Crippen molar-refractivity contribution in [3.8, 4) is 0 Å². The minimum Gasteiger partial charge on any atom is -0.381 e. The molecule has 24 heavy (non-hydrogen) atoms. The highest BCUT2D eigenvalue weighted by Crippen LogP contribution is 2.39. The lowest BCUT2D eigenvalue weighted by Crippen LogP contribution is -2.41. The van der Waals surface area contributed by atoms with Crippen LogP contribution in [0.15, 0.2) is 24.3 Å². The molecule has 128 valence electrons. The molecule has 0 saturated carbocycles. The fraction of sp³-hybridized carbons (Fsp3) is 0.611. The average Bonchev–Trinajstić information content (AvgIpc) is 3.11. The van der Waals surface area contributed by atoms with E-state index in [1.165, 1.54) is 11.3 Å². The van der Waals surface area contributed by atoms with Crippen molar-refractivity contribution in [2.45, 2.75) is 51.7 Å². The summed E-state index contributed by atoms with van der Waals surface area (Å²) in [5, 5.41) is 12.5. The molecule has 2 aromatic rings. The Labute approximate surface area is 142 Å². The van der Waals surface area contributed by atoms with Crippen LogP contribution in [-0.4, -0.2) is 39.0 Å². The molecule has 0 unspecified atom stereocenters. The zero-order valence-electron chi connectivity index (χ0n) is 14.5. The number of tetrazole rings is 1. The van der Waals surface area contributed by atoms with Gasteiger partial charge >= 0.3 is 0 Å². The van der Waals surface area contributed by atoms with Crippen molar-refractivity contribution in [1.29, 1.82) is 0 Å². The van der Waals surface area contributed by atoms with Crippen LogP contribution in [0.4, 0.5) is 5.69 Å². The van der Waals surface area contributed by atoms with Gasteiger partial charge in [-0.3, -0.25) is 0 Å². The van der Waals surface area contributed by atoms with Crippen LogP contribution in [0, 0.1) is 5.92 Å². The molecule has 1 fully saturated rings. The molecule has 0 amide bonds. The van der Waals surface area contributed by atoms with Crippen LogP contribution in [0.2, 0.25) is 0 Å². The van der Waals surface area contributed by atoms with Crippen LogP contribution in [-0.2, 0) is 24.2 Å². The second-order valence-electron chi connectivity index (χ2n) is 7.54. The topological polar surface area (TPSA) is 56.1 Å². The van der Waals surface area contributed by atoms with Crippen molar-refractivity contribution >= 4 is 5.69 Å². The van der Waals surface area contributed by atoms with E-state index in [4.69, 9.17) is 4.74 Å². The number of anilines is 1. The number of aromatic nitrogens is 4. The summed E-state index contributed by atoms with van der Waals surface area (Å²) in [5.41, 5.74) is 2.80. The third kappa shape index (κ3) is 2.90. The van der Waals surface area contributed by atoms with Crippen molar-refractivity contribution in [2.75, 3.05) is 18.1 Å². The molecule has 0 atom stereocenters. The third-order valence-electron chi connectivity index (χ3n) is 5.31. The van der Waals surface area contributed by atoms with Gasteiger partial charge in [-0.05, 0) is 61.1 Å². The monoisotopic (exact) mass is 327 g/mol. The van der Waals surface area contributed by atoms with E-state index in [-0.39, 0.29) is 5.54 Å². The van der Waals surface area contributed by atoms with Crippen molar-refractivity contribution in [3.05, 3.63) is 35.7 Å². The van der Waals surface area contributed by atoms with Crippen LogP contribution < -0.4 is 4.90 Å². The molecule has 1 saturated heterocycles. The standard InChI is InChI=1S/C18H25N5O/c1-18(2)11-15-5-3-4-6-16(15)22(18)13-17-19-20-21-23(17)12-14-7-9-24-10-8-14/h3-6,14H,7-13H2,1-2H3. The van der Waals surface area contributed by atoms with Gasteiger partial charge in [0.15, 0.2) is 5.82 Å². The molecule has 4 rings (SSSR count). The fourth-order valence-corrected chi connectivity index (χ4v) is 3.90. The summed E-state index contributed by atoms with van der Waals surface area (Å²) in [7, 11) is 0. The fourth-order valence-electron chi connectivity index (χ4n) is 3.90. The maximum Gasteiger partial charge on any atom is 0.170 e. The number of fused-ring (bicyclic) bond motifs is 1. The van der Waals surface area contributed by atoms with E-state index in [1.807, 2.05) is 4.68 Å². The van der Waals surface area contributed by atoms with Crippen LogP contribution in [0.5, 0.6) is 0 Å². The van der Waals surface area contributed by atoms with Crippen molar-refractivity contribution in [2.24, 2.45) is 5.92 Å². The maximum atomic E-state index is 5.45. The zero-order chi connectivity index (χ0) is 16.6. The Bertz CT molecular complexity index is 705. The smallest absolute Gasteiger partial charge is 0.170 e. The first-order valence-corrected chi connectivity index (χ1v) is 8.82. The van der Waals surface area contributed by atoms with Gasteiger partial charge in [-0.1, -0.05) is 18.2 Å². The zero-order valence-corrected chi connectivity index (χ0v) is 14.5. The minimum absolute atomic E-state index is 0.0825. The molecule has 0 bridgehead atoms. The molecule has 2 aliphatic rings. The first-order chi connectivity index (χ1) is 11.6. The Morgan fingerprint density at radius 2 is 2.00 bits per heavy atom. The van der Waals surface area contributed by atoms with Crippen molar-refractivity contribution < 1.29 is 4.74 Å². The Balaban J connectivity index is 1.54. The Hall–Kier alpha value is -1.95. The van der Waals surface area contributed by atoms with E-state index < -0.39 is 0 Å². The molecule has 0 radical (unpaired) electrons. The Kier molecular flexibility index (Phi) is 4.00. The summed E-state index contributed by atoms with van der Waals surface area (Å²) >= 11 is 0. The minimum atomic E-state index is 0.0825. The predicted octanol–water partition coefficient (Wildman–Crippen LogP) is 2.44. The molecule has 2 aliphatic heterocycles. The van der Waals surface area contributed by atoms with Gasteiger partial charge in [0.25, 0.3) is 0 Å². The molecule has 0 aliphatic carbocycles. The molecule has 6 heteroatoms. The van der Waals surface area contributed by atoms with Gasteiger partial charge in [-0.2, -0.15) is 0 Å². The van der Waals surface area contributed by atoms with E-state index >= 15 is 0 Å². The van der Waals surface area contributed by atoms with Gasteiger partial charge in [0.1, 0.15) is 0 Å². The van der Waals surface area contributed by atoms with E-state index in [0.717, 1.165) is 51.4 Å². The summed E-state index contributed by atoms with van der Waals surface area (Å²) in [6.07, 6.45) is 3.25. The summed E-state index contributed by atoms with van der Waals surface area (Å²) in [5.74, 6) is 1.56. The van der Waals surface area contributed by atoms with Crippen LogP contribution >= 0.6 is 0 Å². The van der Waals surface area contributed by atoms with Gasteiger partial charge in [-0.25, -0.2) is 4.68 Å². The first-order valence-electron chi connectivity index (χ1n) is 8.82. The van der Waals surface area contributed by atoms with Gasteiger partial charge in [0, 0.05) is 31.0 Å². The molecule has 1 aromatic heterocycles. The van der Waals surface area contributed by atoms with E-state index in [0.29, 0.717) is 5.92 Å². The largest absolute Gasteiger partial charge is 0.381 e. The lowest BCUT2D eigenvalue weighted by atomic mass is 9.99. The van der Waals surface area contributed by atoms with Crippen LogP contribution in [0.1, 0.15) is 38.1 Å². The third-order valence-corrected chi connectivity index (χ3v) is 5.31. The van der Waals surface area contributed by atoms with Crippen molar-refractivity contribution in [3.63, 3.8) is 0 Å². The number of benzene rings is 1. The van der Waals surface area contributed by atoms with Crippen molar-refractivity contribution in [1.82, 2.24) is 20.2 Å². The van der Waals surface area contributed by atoms with Gasteiger partial charge in [0.2, 0.25) is 0 Å². The lowest BCUT2D eigenvalue weighted by molar-refractivity contribution is 0.0596. The number of rotatable bonds is 4. The molecule has 1 aromatic carbocycles. The molecule has 0 N–H and O–H groups in total. The Morgan fingerprint density at radius 1 is 1.21 bits per heavy atom. The predicted molar refractivity (Wildman–Crippen MR) is 91.8 cm³/mol. The SMILES string of the molecule is CC1(C)Cc2ccccc2N1Cc1nnnn1CC1CCOCC1. The van der Waals surface area contributed by atoms with Gasteiger partial charge in [0.05, 0.1) is 6.54 Å². The van der Waals surface area contributed by atoms with Crippen LogP contribution in [0.3, 0.4) is 0 Å². The van der Waals surface area contributed by atoms with E-state index in [1.54, 1.807) is 0 Å². The second kappa shape index (κ2) is 6.16. The quantitative estimate of drug-likeness (QED) is 0.863.